The molecule has 0 saturated carbocycles. The number of thioether (sulfide) groups is 1. The molecular formula is C16H30N4O5S. The number of carbonyl (C=O) groups is 4. The molecule has 0 fully saturated rings. The van der Waals surface area contributed by atoms with Gasteiger partial charge in [-0.3, -0.25) is 14.4 Å². The molecule has 3 atom stereocenters. The monoisotopic (exact) mass is 390 g/mol. The van der Waals surface area contributed by atoms with Crippen LogP contribution in [-0.4, -0.2) is 58.9 Å². The minimum Gasteiger partial charge on any atom is -0.480 e. The summed E-state index contributed by atoms with van der Waals surface area (Å²) in [6.07, 6.45) is 2.50. The molecule has 3 unspecified atom stereocenters. The van der Waals surface area contributed by atoms with Gasteiger partial charge >= 0.3 is 5.97 Å². The van der Waals surface area contributed by atoms with Gasteiger partial charge in [-0.15, -0.1) is 0 Å². The lowest BCUT2D eigenvalue weighted by Crippen LogP contribution is -2.54. The molecule has 150 valence electrons. The summed E-state index contributed by atoms with van der Waals surface area (Å²) < 4.78 is 0. The highest BCUT2D eigenvalue weighted by atomic mass is 32.2. The van der Waals surface area contributed by atoms with E-state index in [9.17, 15) is 24.3 Å². The van der Waals surface area contributed by atoms with Gasteiger partial charge in [0.15, 0.2) is 0 Å². The first-order valence-corrected chi connectivity index (χ1v) is 9.84. The normalized spacial score (nSPS) is 14.3. The Labute approximate surface area is 158 Å². The summed E-state index contributed by atoms with van der Waals surface area (Å²) in [5.74, 6) is -2.16. The van der Waals surface area contributed by atoms with Gasteiger partial charge in [-0.1, -0.05) is 13.8 Å². The molecule has 0 aromatic carbocycles. The zero-order valence-corrected chi connectivity index (χ0v) is 16.3. The molecule has 0 aliphatic rings. The smallest absolute Gasteiger partial charge is 0.326 e. The topological polar surface area (TPSA) is 165 Å². The number of nitrogens with one attached hydrogen (secondary N) is 2. The Morgan fingerprint density at radius 2 is 1.62 bits per heavy atom. The van der Waals surface area contributed by atoms with Crippen molar-refractivity contribution in [2.24, 2.45) is 17.4 Å². The van der Waals surface area contributed by atoms with Gasteiger partial charge < -0.3 is 27.2 Å². The maximum atomic E-state index is 12.5. The van der Waals surface area contributed by atoms with Gasteiger partial charge in [-0.25, -0.2) is 4.79 Å². The summed E-state index contributed by atoms with van der Waals surface area (Å²) in [5, 5.41) is 14.3. The number of aliphatic carboxylic acids is 1. The molecule has 0 aliphatic carbocycles. The quantitative estimate of drug-likeness (QED) is 0.281. The fourth-order valence-electron chi connectivity index (χ4n) is 2.18. The van der Waals surface area contributed by atoms with Crippen molar-refractivity contribution in [1.82, 2.24) is 10.6 Å². The summed E-state index contributed by atoms with van der Waals surface area (Å²) in [6.45, 7) is 3.71. The van der Waals surface area contributed by atoms with E-state index in [0.29, 0.717) is 12.2 Å². The first kappa shape index (κ1) is 24.2. The second-order valence-corrected chi connectivity index (χ2v) is 7.47. The summed E-state index contributed by atoms with van der Waals surface area (Å²) in [7, 11) is 0. The predicted octanol–water partition coefficient (Wildman–Crippen LogP) is -0.567. The number of amides is 3. The van der Waals surface area contributed by atoms with Crippen molar-refractivity contribution in [3.05, 3.63) is 0 Å². The number of carboxylic acids is 1. The zero-order chi connectivity index (χ0) is 20.3. The minimum atomic E-state index is -1.12. The van der Waals surface area contributed by atoms with Crippen molar-refractivity contribution in [3.63, 3.8) is 0 Å². The maximum Gasteiger partial charge on any atom is 0.326 e. The number of hydrogen-bond acceptors (Lipinski definition) is 6. The largest absolute Gasteiger partial charge is 0.480 e. The van der Waals surface area contributed by atoms with Crippen molar-refractivity contribution in [1.29, 1.82) is 0 Å². The second-order valence-electron chi connectivity index (χ2n) is 6.48. The summed E-state index contributed by atoms with van der Waals surface area (Å²) >= 11 is 1.49. The highest BCUT2D eigenvalue weighted by Crippen LogP contribution is 2.07. The average Bonchev–Trinajstić information content (AvgIpc) is 2.54. The van der Waals surface area contributed by atoms with Crippen LogP contribution in [0.1, 0.15) is 39.5 Å². The van der Waals surface area contributed by atoms with Gasteiger partial charge in [-0.2, -0.15) is 11.8 Å². The van der Waals surface area contributed by atoms with Crippen molar-refractivity contribution >= 4 is 35.5 Å². The predicted molar refractivity (Wildman–Crippen MR) is 100 cm³/mol. The standard InChI is InChI=1S/C16H30N4O5S/c1-9(2)8-12(16(24)25)20-15(23)11(6-7-26-3)19-14(22)10(17)4-5-13(18)21/h9-12H,4-8,17H2,1-3H3,(H2,18,21)(H,19,22)(H,20,23)(H,24,25). The van der Waals surface area contributed by atoms with E-state index in [2.05, 4.69) is 10.6 Å². The average molecular weight is 391 g/mol. The van der Waals surface area contributed by atoms with Crippen LogP contribution in [0.4, 0.5) is 0 Å². The summed E-state index contributed by atoms with van der Waals surface area (Å²) in [4.78, 5) is 46.7. The number of nitrogens with two attached hydrogens (primary N) is 2. The lowest BCUT2D eigenvalue weighted by atomic mass is 10.0. The van der Waals surface area contributed by atoms with E-state index in [1.165, 1.54) is 11.8 Å². The van der Waals surface area contributed by atoms with Crippen molar-refractivity contribution < 1.29 is 24.3 Å². The fraction of sp³-hybridized carbons (Fsp3) is 0.750. The van der Waals surface area contributed by atoms with Gasteiger partial charge in [0.25, 0.3) is 0 Å². The second kappa shape index (κ2) is 12.5. The molecule has 0 aliphatic heterocycles. The first-order valence-electron chi connectivity index (χ1n) is 8.44. The van der Waals surface area contributed by atoms with Gasteiger partial charge in [0.05, 0.1) is 6.04 Å². The first-order chi connectivity index (χ1) is 12.1. The van der Waals surface area contributed by atoms with Crippen molar-refractivity contribution in [3.8, 4) is 0 Å². The SMILES string of the molecule is CSCCC(NC(=O)C(N)CCC(N)=O)C(=O)NC(CC(C)C)C(=O)O. The molecule has 0 radical (unpaired) electrons. The third-order valence-corrected chi connectivity index (χ3v) is 4.25. The summed E-state index contributed by atoms with van der Waals surface area (Å²) in [5.41, 5.74) is 10.7. The molecule has 0 heterocycles. The van der Waals surface area contributed by atoms with Crippen LogP contribution in [0.25, 0.3) is 0 Å². The van der Waals surface area contributed by atoms with E-state index in [0.717, 1.165) is 0 Å². The Hall–Kier alpha value is -1.81. The van der Waals surface area contributed by atoms with Gasteiger partial charge in [0.2, 0.25) is 17.7 Å². The number of rotatable bonds is 13. The van der Waals surface area contributed by atoms with Crippen molar-refractivity contribution in [2.75, 3.05) is 12.0 Å². The maximum absolute atomic E-state index is 12.5. The Kier molecular flexibility index (Phi) is 11.7. The van der Waals surface area contributed by atoms with Crippen LogP contribution in [0.15, 0.2) is 0 Å². The Balaban J connectivity index is 4.93. The Morgan fingerprint density at radius 3 is 2.08 bits per heavy atom. The van der Waals surface area contributed by atoms with Crippen LogP contribution in [0, 0.1) is 5.92 Å². The van der Waals surface area contributed by atoms with Crippen molar-refractivity contribution in [2.45, 2.75) is 57.7 Å². The van der Waals surface area contributed by atoms with Crippen LogP contribution in [-0.2, 0) is 19.2 Å². The van der Waals surface area contributed by atoms with Crippen LogP contribution in [0.2, 0.25) is 0 Å². The molecular weight excluding hydrogens is 360 g/mol. The highest BCUT2D eigenvalue weighted by molar-refractivity contribution is 7.98. The van der Waals surface area contributed by atoms with Gasteiger partial charge in [-0.05, 0) is 37.2 Å². The highest BCUT2D eigenvalue weighted by Gasteiger charge is 2.28. The molecule has 3 amide bonds. The lowest BCUT2D eigenvalue weighted by Gasteiger charge is -2.23. The molecule has 0 spiro atoms. The van der Waals surface area contributed by atoms with E-state index >= 15 is 0 Å². The number of hydrogen-bond donors (Lipinski definition) is 5. The molecule has 0 bridgehead atoms. The molecule has 0 rings (SSSR count). The van der Waals surface area contributed by atoms with E-state index in [1.54, 1.807) is 0 Å². The molecule has 26 heavy (non-hydrogen) atoms. The van der Waals surface area contributed by atoms with Crippen LogP contribution >= 0.6 is 11.8 Å². The molecule has 0 aromatic heterocycles. The van der Waals surface area contributed by atoms with Crippen LogP contribution < -0.4 is 22.1 Å². The Bertz CT molecular complexity index is 501. The number of carboxylic acid groups (broad SMARTS) is 1. The van der Waals surface area contributed by atoms with Gasteiger partial charge in [0, 0.05) is 6.42 Å². The molecule has 7 N–H and O–H groups in total. The molecule has 0 saturated heterocycles. The number of carbonyl (C=O) groups excluding carboxylic acids is 3. The van der Waals surface area contributed by atoms with E-state index in [1.807, 2.05) is 20.1 Å². The summed E-state index contributed by atoms with van der Waals surface area (Å²) in [6, 6.07) is -2.90. The third-order valence-electron chi connectivity index (χ3n) is 3.60. The van der Waals surface area contributed by atoms with E-state index in [-0.39, 0.29) is 25.2 Å². The van der Waals surface area contributed by atoms with E-state index < -0.39 is 41.8 Å². The number of primary amides is 1. The molecule has 0 aromatic rings. The van der Waals surface area contributed by atoms with Crippen LogP contribution in [0.3, 0.4) is 0 Å². The zero-order valence-electron chi connectivity index (χ0n) is 15.5. The Morgan fingerprint density at radius 1 is 1.04 bits per heavy atom. The van der Waals surface area contributed by atoms with Gasteiger partial charge in [0.1, 0.15) is 12.1 Å². The minimum absolute atomic E-state index is 0.0360. The fourth-order valence-corrected chi connectivity index (χ4v) is 2.65. The third kappa shape index (κ3) is 10.2. The van der Waals surface area contributed by atoms with E-state index in [4.69, 9.17) is 11.5 Å². The lowest BCUT2D eigenvalue weighted by molar-refractivity contribution is -0.142. The molecule has 10 heteroatoms. The molecule has 9 nitrogen and oxygen atoms in total. The van der Waals surface area contributed by atoms with Crippen LogP contribution in [0.5, 0.6) is 0 Å².